The second-order valence-corrected chi connectivity index (χ2v) is 7.29. The van der Waals surface area contributed by atoms with Gasteiger partial charge in [0, 0.05) is 22.2 Å². The molecule has 1 atom stereocenters. The van der Waals surface area contributed by atoms with Crippen LogP contribution in [0.15, 0.2) is 11.4 Å². The van der Waals surface area contributed by atoms with Crippen LogP contribution < -0.4 is 5.32 Å². The highest BCUT2D eigenvalue weighted by molar-refractivity contribution is 8.00. The molecule has 0 aliphatic heterocycles. The fraction of sp³-hybridized carbons (Fsp3) is 0.692. The maximum atomic E-state index is 3.80. The van der Waals surface area contributed by atoms with Gasteiger partial charge in [0.05, 0.1) is 0 Å². The Hall–Kier alpha value is 0.0100. The zero-order valence-electron chi connectivity index (χ0n) is 9.79. The van der Waals surface area contributed by atoms with Gasteiger partial charge in [-0.05, 0) is 55.4 Å². The van der Waals surface area contributed by atoms with Crippen LogP contribution in [0.2, 0.25) is 0 Å². The molecule has 0 amide bonds. The van der Waals surface area contributed by atoms with Crippen LogP contribution in [-0.2, 0) is 6.42 Å². The van der Waals surface area contributed by atoms with E-state index in [2.05, 4.69) is 34.8 Å². The van der Waals surface area contributed by atoms with E-state index < -0.39 is 0 Å². The molecular weight excluding hydrogens is 234 g/mol. The number of hydrogen-bond acceptors (Lipinski definition) is 3. The number of fused-ring (bicyclic) bond motifs is 1. The van der Waals surface area contributed by atoms with Gasteiger partial charge in [-0.1, -0.05) is 0 Å². The van der Waals surface area contributed by atoms with Crippen molar-refractivity contribution in [3.8, 4) is 0 Å². The Morgan fingerprint density at radius 1 is 1.56 bits per heavy atom. The first-order valence-corrected chi connectivity index (χ1v) is 8.28. The van der Waals surface area contributed by atoms with Crippen molar-refractivity contribution in [2.45, 2.75) is 42.9 Å². The van der Waals surface area contributed by atoms with E-state index in [-0.39, 0.29) is 0 Å². The zero-order valence-corrected chi connectivity index (χ0v) is 11.4. The maximum absolute atomic E-state index is 3.80. The Balaban J connectivity index is 1.64. The highest BCUT2D eigenvalue weighted by Crippen LogP contribution is 2.47. The van der Waals surface area contributed by atoms with Gasteiger partial charge < -0.3 is 5.32 Å². The van der Waals surface area contributed by atoms with Gasteiger partial charge in [-0.15, -0.1) is 11.3 Å². The lowest BCUT2D eigenvalue weighted by atomic mass is 9.94. The zero-order chi connectivity index (χ0) is 11.0. The number of nitrogens with one attached hydrogen (secondary N) is 1. The van der Waals surface area contributed by atoms with Crippen molar-refractivity contribution in [3.63, 3.8) is 0 Å². The molecule has 0 aromatic carbocycles. The number of rotatable bonds is 4. The number of thiophene rings is 1. The number of aryl methyl sites for hydroxylation is 1. The third-order valence-electron chi connectivity index (χ3n) is 3.96. The standard InChI is InChI=1S/C13H19NS2/c1-15-13(6-7-13)9-14-11-3-2-4-12-10(11)5-8-16-12/h5,8,11,14H,2-4,6-7,9H2,1H3. The molecule has 2 aliphatic rings. The average molecular weight is 253 g/mol. The van der Waals surface area contributed by atoms with Crippen LogP contribution in [0.3, 0.4) is 0 Å². The van der Waals surface area contributed by atoms with Crippen LogP contribution >= 0.6 is 23.1 Å². The summed E-state index contributed by atoms with van der Waals surface area (Å²) in [4.78, 5) is 1.62. The molecule has 0 saturated heterocycles. The highest BCUT2D eigenvalue weighted by atomic mass is 32.2. The van der Waals surface area contributed by atoms with E-state index in [4.69, 9.17) is 0 Å². The molecule has 1 heterocycles. The van der Waals surface area contributed by atoms with Crippen LogP contribution in [-0.4, -0.2) is 17.5 Å². The number of hydrogen-bond donors (Lipinski definition) is 1. The molecule has 88 valence electrons. The van der Waals surface area contributed by atoms with Crippen molar-refractivity contribution in [1.29, 1.82) is 0 Å². The predicted molar refractivity (Wildman–Crippen MR) is 73.5 cm³/mol. The van der Waals surface area contributed by atoms with Gasteiger partial charge in [-0.3, -0.25) is 0 Å². The predicted octanol–water partition coefficient (Wildman–Crippen LogP) is 3.61. The maximum Gasteiger partial charge on any atom is 0.0331 e. The molecule has 1 unspecified atom stereocenters. The van der Waals surface area contributed by atoms with Gasteiger partial charge in [-0.2, -0.15) is 11.8 Å². The molecule has 1 fully saturated rings. The Labute approximate surface area is 106 Å². The summed E-state index contributed by atoms with van der Waals surface area (Å²) >= 11 is 3.99. The monoisotopic (exact) mass is 253 g/mol. The van der Waals surface area contributed by atoms with Crippen molar-refractivity contribution in [1.82, 2.24) is 5.32 Å². The summed E-state index contributed by atoms with van der Waals surface area (Å²) < 4.78 is 0.591. The first kappa shape index (κ1) is 11.1. The first-order chi connectivity index (χ1) is 7.83. The lowest BCUT2D eigenvalue weighted by molar-refractivity contribution is 0.461. The highest BCUT2D eigenvalue weighted by Gasteiger charge is 2.42. The second-order valence-electron chi connectivity index (χ2n) is 5.01. The molecule has 1 aromatic heterocycles. The van der Waals surface area contributed by atoms with Gasteiger partial charge in [0.25, 0.3) is 0 Å². The van der Waals surface area contributed by atoms with Crippen LogP contribution in [0.4, 0.5) is 0 Å². The van der Waals surface area contributed by atoms with E-state index in [1.165, 1.54) is 38.6 Å². The van der Waals surface area contributed by atoms with Crippen LogP contribution in [0, 0.1) is 0 Å². The van der Waals surface area contributed by atoms with Crippen LogP contribution in [0.25, 0.3) is 0 Å². The van der Waals surface area contributed by atoms with Crippen molar-refractivity contribution in [3.05, 3.63) is 21.9 Å². The van der Waals surface area contributed by atoms with E-state index in [9.17, 15) is 0 Å². The van der Waals surface area contributed by atoms with E-state index in [0.717, 1.165) is 0 Å². The molecule has 3 heteroatoms. The third-order valence-corrected chi connectivity index (χ3v) is 6.38. The summed E-state index contributed by atoms with van der Waals surface area (Å²) in [5.74, 6) is 0. The fourth-order valence-corrected chi connectivity index (χ4v) is 4.33. The summed E-state index contributed by atoms with van der Waals surface area (Å²) in [7, 11) is 0. The number of thioether (sulfide) groups is 1. The lowest BCUT2D eigenvalue weighted by Crippen LogP contribution is -2.31. The quantitative estimate of drug-likeness (QED) is 0.880. The Bertz CT molecular complexity index is 368. The van der Waals surface area contributed by atoms with Crippen molar-refractivity contribution < 1.29 is 0 Å². The normalized spacial score (nSPS) is 26.4. The van der Waals surface area contributed by atoms with E-state index in [1.54, 1.807) is 10.4 Å². The Kier molecular flexibility index (Phi) is 3.03. The summed E-state index contributed by atoms with van der Waals surface area (Å²) in [5.41, 5.74) is 1.59. The van der Waals surface area contributed by atoms with Gasteiger partial charge in [0.15, 0.2) is 0 Å². The molecular formula is C13H19NS2. The fourth-order valence-electron chi connectivity index (χ4n) is 2.60. The first-order valence-electron chi connectivity index (χ1n) is 6.18. The Morgan fingerprint density at radius 3 is 3.19 bits per heavy atom. The van der Waals surface area contributed by atoms with E-state index >= 15 is 0 Å². The van der Waals surface area contributed by atoms with Crippen molar-refractivity contribution >= 4 is 23.1 Å². The minimum Gasteiger partial charge on any atom is -0.309 e. The third kappa shape index (κ3) is 2.05. The van der Waals surface area contributed by atoms with Crippen molar-refractivity contribution in [2.24, 2.45) is 0 Å². The summed E-state index contributed by atoms with van der Waals surface area (Å²) in [5, 5.41) is 6.06. The Morgan fingerprint density at radius 2 is 2.44 bits per heavy atom. The minimum atomic E-state index is 0.591. The van der Waals surface area contributed by atoms with Crippen LogP contribution in [0.5, 0.6) is 0 Å². The smallest absolute Gasteiger partial charge is 0.0331 e. The topological polar surface area (TPSA) is 12.0 Å². The van der Waals surface area contributed by atoms with Gasteiger partial charge in [0.1, 0.15) is 0 Å². The molecule has 2 aliphatic carbocycles. The van der Waals surface area contributed by atoms with E-state index in [0.29, 0.717) is 10.8 Å². The molecule has 1 saturated carbocycles. The van der Waals surface area contributed by atoms with Crippen LogP contribution in [0.1, 0.15) is 42.2 Å². The molecule has 0 spiro atoms. The lowest BCUT2D eigenvalue weighted by Gasteiger charge is -2.25. The molecule has 1 nitrogen and oxygen atoms in total. The summed E-state index contributed by atoms with van der Waals surface area (Å²) in [6, 6.07) is 2.97. The van der Waals surface area contributed by atoms with E-state index in [1.807, 2.05) is 11.3 Å². The van der Waals surface area contributed by atoms with Gasteiger partial charge in [0.2, 0.25) is 0 Å². The summed E-state index contributed by atoms with van der Waals surface area (Å²) in [6.07, 6.45) is 9.06. The largest absolute Gasteiger partial charge is 0.309 e. The second kappa shape index (κ2) is 4.35. The molecule has 0 bridgehead atoms. The molecule has 1 N–H and O–H groups in total. The van der Waals surface area contributed by atoms with Gasteiger partial charge >= 0.3 is 0 Å². The summed E-state index contributed by atoms with van der Waals surface area (Å²) in [6.45, 7) is 1.20. The van der Waals surface area contributed by atoms with Gasteiger partial charge in [-0.25, -0.2) is 0 Å². The van der Waals surface area contributed by atoms with Crippen molar-refractivity contribution in [2.75, 3.05) is 12.8 Å². The minimum absolute atomic E-state index is 0.591. The molecule has 1 aromatic rings. The molecule has 0 radical (unpaired) electrons. The molecule has 3 rings (SSSR count). The average Bonchev–Trinajstić information content (AvgIpc) is 2.94. The SMILES string of the molecule is CSC1(CNC2CCCc3sccc32)CC1. The molecule has 16 heavy (non-hydrogen) atoms.